The topological polar surface area (TPSA) is 65.9 Å². The van der Waals surface area contributed by atoms with E-state index in [1.54, 1.807) is 0 Å². The summed E-state index contributed by atoms with van der Waals surface area (Å²) in [5.74, 6) is 0. The minimum Gasteiger partial charge on any atom is -0.375 e. The fourth-order valence-electron chi connectivity index (χ4n) is 1.77. The molecule has 0 aliphatic heterocycles. The van der Waals surface area contributed by atoms with Gasteiger partial charge in [0.2, 0.25) is 0 Å². The zero-order chi connectivity index (χ0) is 13.0. The number of thiazole rings is 1. The second-order valence-corrected chi connectivity index (χ2v) is 5.30. The van der Waals surface area contributed by atoms with E-state index in [4.69, 9.17) is 11.0 Å². The van der Waals surface area contributed by atoms with Crippen molar-refractivity contribution in [3.05, 3.63) is 46.5 Å². The first-order chi connectivity index (χ1) is 8.67. The molecule has 4 nitrogen and oxygen atoms in total. The minimum absolute atomic E-state index is 0.602. The van der Waals surface area contributed by atoms with Gasteiger partial charge in [0.15, 0.2) is 5.13 Å². The molecule has 1 aromatic heterocycles. The van der Waals surface area contributed by atoms with E-state index in [-0.39, 0.29) is 0 Å². The van der Waals surface area contributed by atoms with Crippen LogP contribution in [0.15, 0.2) is 30.5 Å². The van der Waals surface area contributed by atoms with Crippen molar-refractivity contribution in [1.82, 2.24) is 9.88 Å². The van der Waals surface area contributed by atoms with Crippen LogP contribution < -0.4 is 5.73 Å². The third-order valence-corrected chi connectivity index (χ3v) is 3.32. The molecule has 0 aliphatic rings. The van der Waals surface area contributed by atoms with Gasteiger partial charge in [-0.2, -0.15) is 5.26 Å². The summed E-state index contributed by atoms with van der Waals surface area (Å²) in [7, 11) is 2.04. The molecular weight excluding hydrogens is 244 g/mol. The van der Waals surface area contributed by atoms with E-state index < -0.39 is 0 Å². The van der Waals surface area contributed by atoms with Gasteiger partial charge in [0.1, 0.15) is 0 Å². The number of aromatic nitrogens is 1. The van der Waals surface area contributed by atoms with Crippen LogP contribution in [0, 0.1) is 11.3 Å². The molecule has 0 bridgehead atoms. The highest BCUT2D eigenvalue weighted by Gasteiger charge is 2.05. The molecule has 5 heteroatoms. The van der Waals surface area contributed by atoms with E-state index in [9.17, 15) is 0 Å². The fourth-order valence-corrected chi connectivity index (χ4v) is 2.53. The highest BCUT2D eigenvalue weighted by atomic mass is 32.1. The molecule has 1 aromatic carbocycles. The quantitative estimate of drug-likeness (QED) is 0.913. The summed E-state index contributed by atoms with van der Waals surface area (Å²) >= 11 is 1.51. The van der Waals surface area contributed by atoms with Crippen molar-refractivity contribution in [2.45, 2.75) is 13.1 Å². The van der Waals surface area contributed by atoms with E-state index in [0.717, 1.165) is 23.5 Å². The van der Waals surface area contributed by atoms with Gasteiger partial charge < -0.3 is 5.73 Å². The summed E-state index contributed by atoms with van der Waals surface area (Å²) in [5.41, 5.74) is 7.43. The number of anilines is 1. The van der Waals surface area contributed by atoms with Gasteiger partial charge in [-0.1, -0.05) is 12.1 Å². The zero-order valence-electron chi connectivity index (χ0n) is 10.1. The molecule has 0 radical (unpaired) electrons. The maximum absolute atomic E-state index is 8.85. The molecule has 0 aliphatic carbocycles. The van der Waals surface area contributed by atoms with Gasteiger partial charge in [-0.3, -0.25) is 4.90 Å². The number of nitriles is 1. The van der Waals surface area contributed by atoms with Crippen LogP contribution in [0.5, 0.6) is 0 Å². The van der Waals surface area contributed by atoms with Crippen molar-refractivity contribution in [1.29, 1.82) is 5.26 Å². The molecule has 92 valence electrons. The predicted molar refractivity (Wildman–Crippen MR) is 72.9 cm³/mol. The summed E-state index contributed by atoms with van der Waals surface area (Å²) in [6.45, 7) is 1.61. The van der Waals surface area contributed by atoms with Crippen molar-refractivity contribution in [3.8, 4) is 6.07 Å². The minimum atomic E-state index is 0.602. The molecule has 1 heterocycles. The maximum Gasteiger partial charge on any atom is 0.180 e. The van der Waals surface area contributed by atoms with Crippen LogP contribution >= 0.6 is 11.3 Å². The lowest BCUT2D eigenvalue weighted by atomic mass is 10.1. The number of nitrogens with two attached hydrogens (primary N) is 1. The molecule has 2 aromatic rings. The van der Waals surface area contributed by atoms with Gasteiger partial charge in [-0.15, -0.1) is 11.3 Å². The van der Waals surface area contributed by atoms with Crippen LogP contribution in [0.1, 0.15) is 16.0 Å². The monoisotopic (exact) mass is 258 g/mol. The average Bonchev–Trinajstić information content (AvgIpc) is 2.74. The molecule has 0 spiro atoms. The largest absolute Gasteiger partial charge is 0.375 e. The van der Waals surface area contributed by atoms with E-state index >= 15 is 0 Å². The number of benzene rings is 1. The summed E-state index contributed by atoms with van der Waals surface area (Å²) in [5, 5.41) is 9.45. The third kappa shape index (κ3) is 3.29. The highest BCUT2D eigenvalue weighted by molar-refractivity contribution is 7.15. The number of nitrogen functional groups attached to an aromatic ring is 1. The van der Waals surface area contributed by atoms with Crippen LogP contribution in [0.2, 0.25) is 0 Å². The third-order valence-electron chi connectivity index (χ3n) is 2.51. The molecule has 0 saturated heterocycles. The Morgan fingerprint density at radius 3 is 2.94 bits per heavy atom. The normalized spacial score (nSPS) is 10.5. The van der Waals surface area contributed by atoms with Gasteiger partial charge in [0.05, 0.1) is 11.6 Å². The van der Waals surface area contributed by atoms with Crippen molar-refractivity contribution >= 4 is 16.5 Å². The molecule has 18 heavy (non-hydrogen) atoms. The summed E-state index contributed by atoms with van der Waals surface area (Å²) in [6, 6.07) is 9.81. The second-order valence-electron chi connectivity index (χ2n) is 4.15. The number of nitrogens with zero attached hydrogens (tertiary/aromatic N) is 3. The summed E-state index contributed by atoms with van der Waals surface area (Å²) < 4.78 is 0. The fraction of sp³-hybridized carbons (Fsp3) is 0.231. The Morgan fingerprint density at radius 2 is 2.28 bits per heavy atom. The Morgan fingerprint density at radius 1 is 1.44 bits per heavy atom. The Balaban J connectivity index is 1.98. The maximum atomic E-state index is 8.85. The van der Waals surface area contributed by atoms with Crippen LogP contribution in [0.4, 0.5) is 5.13 Å². The molecule has 0 unspecified atom stereocenters. The number of rotatable bonds is 4. The smallest absolute Gasteiger partial charge is 0.180 e. The van der Waals surface area contributed by atoms with Crippen LogP contribution in [0.25, 0.3) is 0 Å². The van der Waals surface area contributed by atoms with Gasteiger partial charge >= 0.3 is 0 Å². The lowest BCUT2D eigenvalue weighted by Gasteiger charge is -2.15. The molecule has 0 saturated carbocycles. The first kappa shape index (κ1) is 12.6. The van der Waals surface area contributed by atoms with Crippen LogP contribution in [0.3, 0.4) is 0 Å². The standard InChI is InChI=1S/C13H14N4S/c1-17(9-12-7-16-13(15)18-12)8-11-4-2-3-10(5-11)6-14/h2-5,7H,8-9H2,1H3,(H2,15,16). The molecule has 0 amide bonds. The summed E-state index contributed by atoms with van der Waals surface area (Å²) in [6.07, 6.45) is 1.81. The van der Waals surface area contributed by atoms with E-state index in [1.807, 2.05) is 37.5 Å². The predicted octanol–water partition coefficient (Wildman–Crippen LogP) is 2.23. The number of hydrogen-bond acceptors (Lipinski definition) is 5. The molecule has 2 rings (SSSR count). The van der Waals surface area contributed by atoms with Gasteiger partial charge in [-0.25, -0.2) is 4.98 Å². The SMILES string of the molecule is CN(Cc1cccc(C#N)c1)Cc1cnc(N)s1. The van der Waals surface area contributed by atoms with E-state index in [2.05, 4.69) is 16.0 Å². The number of hydrogen-bond donors (Lipinski definition) is 1. The van der Waals surface area contributed by atoms with Gasteiger partial charge in [0, 0.05) is 24.2 Å². The zero-order valence-corrected chi connectivity index (χ0v) is 10.9. The molecular formula is C13H14N4S. The lowest BCUT2D eigenvalue weighted by molar-refractivity contribution is 0.322. The molecule has 2 N–H and O–H groups in total. The molecule has 0 fully saturated rings. The Hall–Kier alpha value is -1.90. The lowest BCUT2D eigenvalue weighted by Crippen LogP contribution is -2.16. The van der Waals surface area contributed by atoms with Crippen molar-refractivity contribution in [3.63, 3.8) is 0 Å². The summed E-state index contributed by atoms with van der Waals surface area (Å²) in [4.78, 5) is 7.35. The Kier molecular flexibility index (Phi) is 3.92. The molecule has 0 atom stereocenters. The Labute approximate surface area is 110 Å². The van der Waals surface area contributed by atoms with Crippen LogP contribution in [-0.4, -0.2) is 16.9 Å². The average molecular weight is 258 g/mol. The van der Waals surface area contributed by atoms with Crippen LogP contribution in [-0.2, 0) is 13.1 Å². The second kappa shape index (κ2) is 5.63. The van der Waals surface area contributed by atoms with Gasteiger partial charge in [0.25, 0.3) is 0 Å². The van der Waals surface area contributed by atoms with E-state index in [1.165, 1.54) is 11.3 Å². The first-order valence-corrected chi connectivity index (χ1v) is 6.37. The highest BCUT2D eigenvalue weighted by Crippen LogP contribution is 2.17. The van der Waals surface area contributed by atoms with E-state index in [0.29, 0.717) is 10.7 Å². The first-order valence-electron chi connectivity index (χ1n) is 5.55. The van der Waals surface area contributed by atoms with Crippen molar-refractivity contribution in [2.24, 2.45) is 0 Å². The Bertz CT molecular complexity index is 570. The van der Waals surface area contributed by atoms with Crippen molar-refractivity contribution in [2.75, 3.05) is 12.8 Å². The van der Waals surface area contributed by atoms with Gasteiger partial charge in [-0.05, 0) is 24.7 Å². The van der Waals surface area contributed by atoms with Crippen molar-refractivity contribution < 1.29 is 0 Å².